The molecule has 1 fully saturated rings. The fraction of sp³-hybridized carbons (Fsp3) is 0.533. The molecule has 3 N–H and O–H groups in total. The Labute approximate surface area is 138 Å². The standard InChI is InChI=1S/C15H24N4.HI/c1-2-9-19-10-8-13(12-19)11-17-15(16)18-14-6-4-3-5-7-14;/h3-7,13H,2,8-12H2,1H3,(H3,16,17,18);1H. The topological polar surface area (TPSA) is 53.6 Å². The summed E-state index contributed by atoms with van der Waals surface area (Å²) in [7, 11) is 0. The number of nitrogens with two attached hydrogens (primary N) is 1. The summed E-state index contributed by atoms with van der Waals surface area (Å²) < 4.78 is 0. The lowest BCUT2D eigenvalue weighted by Gasteiger charge is -2.13. The zero-order chi connectivity index (χ0) is 13.5. The summed E-state index contributed by atoms with van der Waals surface area (Å²) in [5.74, 6) is 1.17. The number of anilines is 1. The number of nitrogens with zero attached hydrogens (tertiary/aromatic N) is 2. The van der Waals surface area contributed by atoms with Crippen molar-refractivity contribution in [1.82, 2.24) is 4.90 Å². The largest absolute Gasteiger partial charge is 0.370 e. The van der Waals surface area contributed by atoms with Crippen molar-refractivity contribution in [2.45, 2.75) is 19.8 Å². The molecule has 0 spiro atoms. The summed E-state index contributed by atoms with van der Waals surface area (Å²) in [6.07, 6.45) is 2.47. The molecule has 2 rings (SSSR count). The molecule has 1 aliphatic rings. The second kappa shape index (κ2) is 9.18. The molecule has 4 nitrogen and oxygen atoms in total. The lowest BCUT2D eigenvalue weighted by molar-refractivity contribution is 0.326. The van der Waals surface area contributed by atoms with Crippen molar-refractivity contribution in [1.29, 1.82) is 0 Å². The Kier molecular flexibility index (Phi) is 7.91. The Hall–Kier alpha value is -0.820. The van der Waals surface area contributed by atoms with E-state index >= 15 is 0 Å². The molecule has 20 heavy (non-hydrogen) atoms. The molecule has 0 radical (unpaired) electrons. The number of rotatable bonds is 5. The molecule has 1 aliphatic heterocycles. The van der Waals surface area contributed by atoms with Crippen molar-refractivity contribution in [3.63, 3.8) is 0 Å². The quantitative estimate of drug-likeness (QED) is 0.464. The summed E-state index contributed by atoms with van der Waals surface area (Å²) in [6, 6.07) is 9.92. The van der Waals surface area contributed by atoms with E-state index < -0.39 is 0 Å². The normalized spacial score (nSPS) is 19.6. The van der Waals surface area contributed by atoms with Crippen LogP contribution in [-0.4, -0.2) is 37.0 Å². The van der Waals surface area contributed by atoms with Gasteiger partial charge in [0.05, 0.1) is 0 Å². The van der Waals surface area contributed by atoms with Crippen LogP contribution in [0.5, 0.6) is 0 Å². The lowest BCUT2D eigenvalue weighted by Crippen LogP contribution is -2.25. The van der Waals surface area contributed by atoms with Crippen molar-refractivity contribution in [3.05, 3.63) is 30.3 Å². The van der Waals surface area contributed by atoms with Crippen molar-refractivity contribution in [2.24, 2.45) is 16.6 Å². The first kappa shape index (κ1) is 17.2. The van der Waals surface area contributed by atoms with E-state index in [4.69, 9.17) is 5.73 Å². The molecule has 1 heterocycles. The summed E-state index contributed by atoms with van der Waals surface area (Å²) in [4.78, 5) is 6.97. The van der Waals surface area contributed by atoms with Gasteiger partial charge in [0, 0.05) is 18.8 Å². The zero-order valence-corrected chi connectivity index (χ0v) is 14.4. The number of benzene rings is 1. The molecular formula is C15H25IN4. The average molecular weight is 388 g/mol. The molecule has 1 aromatic rings. The van der Waals surface area contributed by atoms with E-state index in [1.807, 2.05) is 30.3 Å². The molecule has 0 aromatic heterocycles. The number of hydrogen-bond donors (Lipinski definition) is 2. The van der Waals surface area contributed by atoms with Crippen LogP contribution in [-0.2, 0) is 0 Å². The first-order chi connectivity index (χ1) is 9.28. The van der Waals surface area contributed by atoms with Gasteiger partial charge in [0.1, 0.15) is 0 Å². The molecule has 5 heteroatoms. The fourth-order valence-electron chi connectivity index (χ4n) is 2.52. The number of guanidine groups is 1. The molecule has 1 aromatic carbocycles. The molecule has 0 saturated carbocycles. The summed E-state index contributed by atoms with van der Waals surface area (Å²) in [5, 5.41) is 3.12. The molecular weight excluding hydrogens is 363 g/mol. The number of nitrogens with one attached hydrogen (secondary N) is 1. The van der Waals surface area contributed by atoms with Gasteiger partial charge in [0.25, 0.3) is 0 Å². The van der Waals surface area contributed by atoms with Gasteiger partial charge in [-0.05, 0) is 44.0 Å². The number of hydrogen-bond acceptors (Lipinski definition) is 2. The molecule has 0 bridgehead atoms. The molecule has 1 saturated heterocycles. The Morgan fingerprint density at radius 2 is 2.15 bits per heavy atom. The van der Waals surface area contributed by atoms with E-state index in [0.29, 0.717) is 11.9 Å². The SMILES string of the molecule is CCCN1CCC(CN=C(N)Nc2ccccc2)C1.I. The number of likely N-dealkylation sites (tertiary alicyclic amines) is 1. The van der Waals surface area contributed by atoms with Crippen molar-refractivity contribution >= 4 is 35.6 Å². The second-order valence-electron chi connectivity index (χ2n) is 5.17. The predicted octanol–water partition coefficient (Wildman–Crippen LogP) is 2.76. The highest BCUT2D eigenvalue weighted by Crippen LogP contribution is 2.16. The second-order valence-corrected chi connectivity index (χ2v) is 5.17. The van der Waals surface area contributed by atoms with Gasteiger partial charge >= 0.3 is 0 Å². The summed E-state index contributed by atoms with van der Waals surface area (Å²) in [6.45, 7) is 6.63. The van der Waals surface area contributed by atoms with Gasteiger partial charge in [0.15, 0.2) is 5.96 Å². The number of halogens is 1. The molecule has 112 valence electrons. The Morgan fingerprint density at radius 3 is 2.85 bits per heavy atom. The van der Waals surface area contributed by atoms with Gasteiger partial charge in [0.2, 0.25) is 0 Å². The van der Waals surface area contributed by atoms with E-state index in [-0.39, 0.29) is 24.0 Å². The maximum absolute atomic E-state index is 5.90. The van der Waals surface area contributed by atoms with E-state index in [1.165, 1.54) is 25.9 Å². The summed E-state index contributed by atoms with van der Waals surface area (Å²) in [5.41, 5.74) is 6.89. The minimum absolute atomic E-state index is 0. The first-order valence-corrected chi connectivity index (χ1v) is 7.12. The third-order valence-electron chi connectivity index (χ3n) is 3.48. The molecule has 1 atom stereocenters. The van der Waals surface area contributed by atoms with Gasteiger partial charge in [-0.25, -0.2) is 0 Å². The van der Waals surface area contributed by atoms with Crippen LogP contribution in [0.4, 0.5) is 5.69 Å². The third-order valence-corrected chi connectivity index (χ3v) is 3.48. The van der Waals surface area contributed by atoms with Crippen LogP contribution in [0.2, 0.25) is 0 Å². The predicted molar refractivity (Wildman–Crippen MR) is 96.8 cm³/mol. The molecule has 0 aliphatic carbocycles. The van der Waals surface area contributed by atoms with Crippen LogP contribution >= 0.6 is 24.0 Å². The van der Waals surface area contributed by atoms with Crippen molar-refractivity contribution < 1.29 is 0 Å². The van der Waals surface area contributed by atoms with E-state index in [0.717, 1.165) is 18.8 Å². The highest BCUT2D eigenvalue weighted by Gasteiger charge is 2.21. The average Bonchev–Trinajstić information content (AvgIpc) is 2.86. The Morgan fingerprint density at radius 1 is 1.40 bits per heavy atom. The van der Waals surface area contributed by atoms with Gasteiger partial charge < -0.3 is 16.0 Å². The highest BCUT2D eigenvalue weighted by molar-refractivity contribution is 14.0. The third kappa shape index (κ3) is 5.66. The van der Waals surface area contributed by atoms with E-state index in [1.54, 1.807) is 0 Å². The zero-order valence-electron chi connectivity index (χ0n) is 12.1. The maximum Gasteiger partial charge on any atom is 0.193 e. The summed E-state index contributed by atoms with van der Waals surface area (Å²) >= 11 is 0. The van der Waals surface area contributed by atoms with Crippen LogP contribution < -0.4 is 11.1 Å². The maximum atomic E-state index is 5.90. The van der Waals surface area contributed by atoms with Crippen molar-refractivity contribution in [3.8, 4) is 0 Å². The number of para-hydroxylation sites is 1. The van der Waals surface area contributed by atoms with Crippen LogP contribution in [0.1, 0.15) is 19.8 Å². The lowest BCUT2D eigenvalue weighted by atomic mass is 10.1. The van der Waals surface area contributed by atoms with Crippen LogP contribution in [0.25, 0.3) is 0 Å². The highest BCUT2D eigenvalue weighted by atomic mass is 127. The van der Waals surface area contributed by atoms with Gasteiger partial charge in [-0.15, -0.1) is 24.0 Å². The Balaban J connectivity index is 0.00000200. The van der Waals surface area contributed by atoms with Gasteiger partial charge in [-0.1, -0.05) is 25.1 Å². The Bertz CT molecular complexity index is 408. The minimum Gasteiger partial charge on any atom is -0.370 e. The van der Waals surface area contributed by atoms with Crippen LogP contribution in [0.3, 0.4) is 0 Å². The first-order valence-electron chi connectivity index (χ1n) is 7.12. The van der Waals surface area contributed by atoms with Crippen LogP contribution in [0.15, 0.2) is 35.3 Å². The monoisotopic (exact) mass is 388 g/mol. The van der Waals surface area contributed by atoms with Gasteiger partial charge in [-0.3, -0.25) is 4.99 Å². The molecule has 0 amide bonds. The molecule has 1 unspecified atom stereocenters. The van der Waals surface area contributed by atoms with Crippen LogP contribution in [0, 0.1) is 5.92 Å². The smallest absolute Gasteiger partial charge is 0.193 e. The van der Waals surface area contributed by atoms with E-state index in [2.05, 4.69) is 22.1 Å². The van der Waals surface area contributed by atoms with E-state index in [9.17, 15) is 0 Å². The van der Waals surface area contributed by atoms with Crippen molar-refractivity contribution in [2.75, 3.05) is 31.5 Å². The number of aliphatic imine (C=N–C) groups is 1. The minimum atomic E-state index is 0. The van der Waals surface area contributed by atoms with Gasteiger partial charge in [-0.2, -0.15) is 0 Å². The fourth-order valence-corrected chi connectivity index (χ4v) is 2.52.